The van der Waals surface area contributed by atoms with Gasteiger partial charge in [-0.15, -0.1) is 0 Å². The summed E-state index contributed by atoms with van der Waals surface area (Å²) in [6, 6.07) is 8.91. The number of phenolic OH excluding ortho intramolecular Hbond substituents is 1. The molecule has 162 valence electrons. The van der Waals surface area contributed by atoms with E-state index >= 15 is 0 Å². The highest BCUT2D eigenvalue weighted by Crippen LogP contribution is 2.44. The van der Waals surface area contributed by atoms with Crippen molar-refractivity contribution in [2.24, 2.45) is 0 Å². The second-order valence-electron chi connectivity index (χ2n) is 7.94. The van der Waals surface area contributed by atoms with Gasteiger partial charge >= 0.3 is 6.18 Å². The van der Waals surface area contributed by atoms with Gasteiger partial charge in [-0.05, 0) is 42.4 Å². The second kappa shape index (κ2) is 8.08. The van der Waals surface area contributed by atoms with Gasteiger partial charge in [0.25, 0.3) is 5.91 Å². The van der Waals surface area contributed by atoms with Crippen molar-refractivity contribution in [2.75, 3.05) is 19.0 Å². The van der Waals surface area contributed by atoms with Gasteiger partial charge in [-0.3, -0.25) is 4.79 Å². The Morgan fingerprint density at radius 1 is 1.23 bits per heavy atom. The van der Waals surface area contributed by atoms with Crippen molar-refractivity contribution >= 4 is 17.3 Å². The Kier molecular flexibility index (Phi) is 5.87. The first-order valence-electron chi connectivity index (χ1n) is 9.66. The maximum absolute atomic E-state index is 12.4. The fourth-order valence-corrected chi connectivity index (χ4v) is 3.66. The highest BCUT2D eigenvalue weighted by molar-refractivity contribution is 6.00. The number of aryl methyl sites for hydroxylation is 1. The van der Waals surface area contributed by atoms with Crippen molar-refractivity contribution in [3.63, 3.8) is 0 Å². The fourth-order valence-electron chi connectivity index (χ4n) is 3.66. The lowest BCUT2D eigenvalue weighted by Crippen LogP contribution is -2.34. The summed E-state index contributed by atoms with van der Waals surface area (Å²) in [5.74, 6) is -1.58. The molecule has 0 heterocycles. The number of hydrogen-bond acceptors (Lipinski definition) is 4. The molecule has 0 atom stereocenters. The van der Waals surface area contributed by atoms with Crippen LogP contribution in [0.25, 0.3) is 0 Å². The van der Waals surface area contributed by atoms with Crippen LogP contribution in [0.5, 0.6) is 11.5 Å². The van der Waals surface area contributed by atoms with Crippen LogP contribution in [0.4, 0.5) is 24.5 Å². The Bertz CT molecular complexity index is 953. The molecule has 0 radical (unpaired) electrons. The average molecular weight is 422 g/mol. The molecule has 2 aromatic rings. The number of amides is 1. The Balaban J connectivity index is 1.82. The van der Waals surface area contributed by atoms with Gasteiger partial charge in [-0.25, -0.2) is 0 Å². The maximum Gasteiger partial charge on any atom is 0.405 e. The Morgan fingerprint density at radius 3 is 2.47 bits per heavy atom. The number of methoxy groups -OCH3 is 1. The molecule has 0 spiro atoms. The van der Waals surface area contributed by atoms with Gasteiger partial charge in [0.05, 0.1) is 7.11 Å². The van der Waals surface area contributed by atoms with E-state index in [1.165, 1.54) is 44.1 Å². The molecule has 0 bridgehead atoms. The predicted octanol–water partition coefficient (Wildman–Crippen LogP) is 5.19. The molecule has 0 aliphatic heterocycles. The van der Waals surface area contributed by atoms with Crippen molar-refractivity contribution < 1.29 is 27.8 Å². The first kappa shape index (κ1) is 21.8. The average Bonchev–Trinajstić information content (AvgIpc) is 2.64. The van der Waals surface area contributed by atoms with Gasteiger partial charge in [0.2, 0.25) is 0 Å². The monoisotopic (exact) mass is 422 g/mol. The largest absolute Gasteiger partial charge is 0.507 e. The van der Waals surface area contributed by atoms with Gasteiger partial charge < -0.3 is 20.5 Å². The number of ether oxygens (including phenoxy) is 1. The van der Waals surface area contributed by atoms with Crippen LogP contribution in [0.15, 0.2) is 30.3 Å². The number of carbonyl (C=O) groups is 1. The van der Waals surface area contributed by atoms with E-state index in [4.69, 9.17) is 4.74 Å². The predicted molar refractivity (Wildman–Crippen MR) is 109 cm³/mol. The topological polar surface area (TPSA) is 70.6 Å². The summed E-state index contributed by atoms with van der Waals surface area (Å²) in [6.07, 6.45) is -0.984. The number of anilines is 2. The van der Waals surface area contributed by atoms with Crippen molar-refractivity contribution in [2.45, 2.75) is 44.7 Å². The summed E-state index contributed by atoms with van der Waals surface area (Å²) < 4.78 is 42.2. The zero-order valence-corrected chi connectivity index (χ0v) is 17.1. The number of nitrogens with one attached hydrogen (secondary N) is 2. The molecule has 2 aromatic carbocycles. The van der Waals surface area contributed by atoms with Gasteiger partial charge in [-0.1, -0.05) is 25.5 Å². The number of rotatable bonds is 6. The van der Waals surface area contributed by atoms with Gasteiger partial charge in [0.15, 0.2) is 0 Å². The summed E-state index contributed by atoms with van der Waals surface area (Å²) in [6.45, 7) is 2.73. The Morgan fingerprint density at radius 2 is 1.93 bits per heavy atom. The molecule has 1 saturated carbocycles. The van der Waals surface area contributed by atoms with E-state index in [1.807, 2.05) is 13.0 Å². The van der Waals surface area contributed by atoms with Crippen LogP contribution in [0, 0.1) is 6.92 Å². The minimum Gasteiger partial charge on any atom is -0.507 e. The molecule has 0 saturated heterocycles. The number of phenols is 1. The van der Waals surface area contributed by atoms with E-state index in [2.05, 4.69) is 24.4 Å². The van der Waals surface area contributed by atoms with Crippen molar-refractivity contribution in [3.8, 4) is 11.5 Å². The third-order valence-electron chi connectivity index (χ3n) is 5.64. The highest BCUT2D eigenvalue weighted by atomic mass is 19.4. The normalized spacial score (nSPS) is 15.3. The van der Waals surface area contributed by atoms with E-state index < -0.39 is 24.4 Å². The number of halogens is 3. The van der Waals surface area contributed by atoms with Crippen LogP contribution in [0.3, 0.4) is 0 Å². The fraction of sp³-hybridized carbons (Fsp3) is 0.409. The van der Waals surface area contributed by atoms with Crippen LogP contribution in [-0.4, -0.2) is 30.8 Å². The van der Waals surface area contributed by atoms with E-state index in [0.717, 1.165) is 11.3 Å². The molecular formula is C22H25F3N2O3. The molecule has 5 nitrogen and oxygen atoms in total. The molecule has 1 aliphatic rings. The zero-order valence-electron chi connectivity index (χ0n) is 17.1. The van der Waals surface area contributed by atoms with Crippen LogP contribution in [0.2, 0.25) is 0 Å². The summed E-state index contributed by atoms with van der Waals surface area (Å²) in [7, 11) is 1.28. The lowest BCUT2D eigenvalue weighted by Gasteiger charge is -2.39. The smallest absolute Gasteiger partial charge is 0.405 e. The highest BCUT2D eigenvalue weighted by Gasteiger charge is 2.33. The SMILES string of the molecule is COc1cc(Nc2ccc(C3(C)CCC3)cc2C)cc(O)c1C(=O)NCC(F)(F)F. The number of benzene rings is 2. The summed E-state index contributed by atoms with van der Waals surface area (Å²) in [5, 5.41) is 15.2. The minimum absolute atomic E-state index is 0.0339. The minimum atomic E-state index is -4.56. The van der Waals surface area contributed by atoms with Crippen molar-refractivity contribution in [1.29, 1.82) is 0 Å². The molecular weight excluding hydrogens is 397 g/mol. The lowest BCUT2D eigenvalue weighted by molar-refractivity contribution is -0.123. The number of aromatic hydroxyl groups is 1. The van der Waals surface area contributed by atoms with E-state index in [1.54, 1.807) is 5.32 Å². The first-order valence-corrected chi connectivity index (χ1v) is 9.66. The molecule has 1 amide bonds. The second-order valence-corrected chi connectivity index (χ2v) is 7.94. The molecule has 1 fully saturated rings. The molecule has 1 aliphatic carbocycles. The van der Waals surface area contributed by atoms with Crippen molar-refractivity contribution in [3.05, 3.63) is 47.0 Å². The number of hydrogen-bond donors (Lipinski definition) is 3. The van der Waals surface area contributed by atoms with E-state index in [0.29, 0.717) is 5.69 Å². The molecule has 8 heteroatoms. The number of carbonyl (C=O) groups excluding carboxylic acids is 1. The van der Waals surface area contributed by atoms with Crippen molar-refractivity contribution in [1.82, 2.24) is 5.32 Å². The summed E-state index contributed by atoms with van der Waals surface area (Å²) >= 11 is 0. The van der Waals surface area contributed by atoms with E-state index in [9.17, 15) is 23.1 Å². The third kappa shape index (κ3) is 4.63. The maximum atomic E-state index is 12.4. The molecule has 3 rings (SSSR count). The molecule has 3 N–H and O–H groups in total. The quantitative estimate of drug-likeness (QED) is 0.600. The number of alkyl halides is 3. The summed E-state index contributed by atoms with van der Waals surface area (Å²) in [5.41, 5.74) is 3.44. The zero-order chi connectivity index (χ0) is 22.1. The Hall–Kier alpha value is -2.90. The summed E-state index contributed by atoms with van der Waals surface area (Å²) in [4.78, 5) is 12.1. The van der Waals surface area contributed by atoms with Crippen LogP contribution >= 0.6 is 0 Å². The van der Waals surface area contributed by atoms with Crippen LogP contribution < -0.4 is 15.4 Å². The van der Waals surface area contributed by atoms with Gasteiger partial charge in [0, 0.05) is 23.5 Å². The molecule has 0 aromatic heterocycles. The van der Waals surface area contributed by atoms with Gasteiger partial charge in [-0.2, -0.15) is 13.2 Å². The Labute approximate surface area is 173 Å². The van der Waals surface area contributed by atoms with Crippen LogP contribution in [-0.2, 0) is 5.41 Å². The standard InChI is InChI=1S/C22H25F3N2O3/c1-13-9-14(21(2)7-4-8-21)5-6-16(13)27-15-10-17(28)19(18(11-15)30-3)20(29)26-12-22(23,24)25/h5-6,9-11,27-28H,4,7-8,12H2,1-3H3,(H,26,29). The molecule has 30 heavy (non-hydrogen) atoms. The third-order valence-corrected chi connectivity index (χ3v) is 5.64. The van der Waals surface area contributed by atoms with Gasteiger partial charge in [0.1, 0.15) is 23.6 Å². The van der Waals surface area contributed by atoms with Crippen LogP contribution in [0.1, 0.15) is 47.7 Å². The molecule has 0 unspecified atom stereocenters. The lowest BCUT2D eigenvalue weighted by atomic mass is 9.66. The first-order chi connectivity index (χ1) is 14.0. The van der Waals surface area contributed by atoms with E-state index in [-0.39, 0.29) is 16.7 Å².